The Labute approximate surface area is 61.7 Å². The summed E-state index contributed by atoms with van der Waals surface area (Å²) in [6.45, 7) is 1.56. The summed E-state index contributed by atoms with van der Waals surface area (Å²) in [5, 5.41) is 0. The van der Waals surface area contributed by atoms with Gasteiger partial charge in [0.25, 0.3) is 0 Å². The van der Waals surface area contributed by atoms with Gasteiger partial charge in [-0.05, 0) is 6.92 Å². The van der Waals surface area contributed by atoms with E-state index >= 15 is 0 Å². The van der Waals surface area contributed by atoms with Crippen LogP contribution in [-0.4, -0.2) is 16.4 Å². The van der Waals surface area contributed by atoms with Gasteiger partial charge in [-0.3, -0.25) is 4.52 Å². The molecule has 0 radical (unpaired) electrons. The third-order valence-electron chi connectivity index (χ3n) is 0.297. The van der Waals surface area contributed by atoms with E-state index in [0.717, 1.165) is 0 Å². The number of rotatable bonds is 2. The first-order valence-electron chi connectivity index (χ1n) is 1.76. The molecule has 0 spiro atoms. The first-order valence-corrected chi connectivity index (χ1v) is 3.29. The Morgan fingerprint density at radius 1 is 1.62 bits per heavy atom. The van der Waals surface area contributed by atoms with Crippen LogP contribution in [0.5, 0.6) is 0 Å². The van der Waals surface area contributed by atoms with E-state index in [1.54, 1.807) is 0 Å². The number of phosphoric ester groups is 1. The molecule has 2 N–H and O–H groups in total. The van der Waals surface area contributed by atoms with Crippen molar-refractivity contribution in [1.29, 1.82) is 0 Å². The molecule has 0 aliphatic carbocycles. The number of phosphoric acid groups is 1. The molecule has 0 fully saturated rings. The molecule has 0 heterocycles. The van der Waals surface area contributed by atoms with Gasteiger partial charge in [0.2, 0.25) is 0 Å². The Balaban J connectivity index is 0. The summed E-state index contributed by atoms with van der Waals surface area (Å²) in [4.78, 5) is 15.8. The van der Waals surface area contributed by atoms with Crippen molar-refractivity contribution in [3.63, 3.8) is 0 Å². The van der Waals surface area contributed by atoms with Crippen LogP contribution < -0.4 is 0 Å². The molecule has 0 aliphatic rings. The van der Waals surface area contributed by atoms with Crippen molar-refractivity contribution in [1.82, 2.24) is 0 Å². The largest absolute Gasteiger partial charge is 0.469 e. The molecule has 0 aromatic heterocycles. The minimum atomic E-state index is -4.17. The second kappa shape index (κ2) is 4.66. The average molecular weight is 310 g/mol. The van der Waals surface area contributed by atoms with E-state index in [-0.39, 0.29) is 27.7 Å². The third-order valence-corrected chi connectivity index (χ3v) is 0.892. The van der Waals surface area contributed by atoms with Crippen LogP contribution in [-0.2, 0) is 30.2 Å². The predicted molar refractivity (Wildman–Crippen MR) is 23.7 cm³/mol. The smallest absolute Gasteiger partial charge is 0.303 e. The van der Waals surface area contributed by atoms with Gasteiger partial charge in [0.15, 0.2) is 0 Å². The summed E-state index contributed by atoms with van der Waals surface area (Å²) in [6, 6.07) is 0. The standard InChI is InChI=1S/C2H7O4P.W/c1-2-6-7(3,4)5;/h2H2,1H3,(H2,3,4,5);. The molecule has 0 rings (SSSR count). The Bertz CT molecular complexity index is 88.0. The molecule has 6 heteroatoms. The zero-order valence-corrected chi connectivity index (χ0v) is 8.10. The van der Waals surface area contributed by atoms with Gasteiger partial charge in [-0.15, -0.1) is 0 Å². The Kier molecular flexibility index (Phi) is 6.74. The van der Waals surface area contributed by atoms with Crippen LogP contribution >= 0.6 is 7.82 Å². The molecule has 0 saturated carbocycles. The van der Waals surface area contributed by atoms with E-state index in [9.17, 15) is 4.57 Å². The van der Waals surface area contributed by atoms with Gasteiger partial charge in [-0.2, -0.15) is 0 Å². The topological polar surface area (TPSA) is 66.8 Å². The minimum Gasteiger partial charge on any atom is -0.303 e. The van der Waals surface area contributed by atoms with E-state index < -0.39 is 7.82 Å². The molecule has 0 bridgehead atoms. The van der Waals surface area contributed by atoms with Crippen LogP contribution in [0, 0.1) is 0 Å². The van der Waals surface area contributed by atoms with Crippen LogP contribution in [0.2, 0.25) is 0 Å². The van der Waals surface area contributed by atoms with Gasteiger partial charge in [-0.1, -0.05) is 0 Å². The van der Waals surface area contributed by atoms with Gasteiger partial charge in [-0.25, -0.2) is 4.57 Å². The van der Waals surface area contributed by atoms with Crippen molar-refractivity contribution in [3.05, 3.63) is 0 Å². The molecule has 8 heavy (non-hydrogen) atoms. The monoisotopic (exact) mass is 310 g/mol. The Hall–Kier alpha value is 0.798. The summed E-state index contributed by atoms with van der Waals surface area (Å²) in [7, 11) is -4.17. The van der Waals surface area contributed by atoms with Gasteiger partial charge >= 0.3 is 7.82 Å². The first kappa shape index (κ1) is 11.6. The van der Waals surface area contributed by atoms with Crippen molar-refractivity contribution in [2.75, 3.05) is 6.61 Å². The molecule has 0 atom stereocenters. The molecule has 0 aliphatic heterocycles. The van der Waals surface area contributed by atoms with E-state index in [1.165, 1.54) is 6.92 Å². The average Bonchev–Trinajstić information content (AvgIpc) is 1.30. The van der Waals surface area contributed by atoms with E-state index in [1.807, 2.05) is 0 Å². The predicted octanol–water partition coefficient (Wildman–Crippen LogP) is 0.113. The molecule has 0 saturated heterocycles. The molecule has 50 valence electrons. The summed E-state index contributed by atoms with van der Waals surface area (Å²) < 4.78 is 13.6. The maximum Gasteiger partial charge on any atom is 0.469 e. The van der Waals surface area contributed by atoms with E-state index in [2.05, 4.69) is 4.52 Å². The fourth-order valence-electron chi connectivity index (χ4n) is 0.168. The second-order valence-corrected chi connectivity index (χ2v) is 2.15. The zero-order valence-electron chi connectivity index (χ0n) is 4.27. The molecule has 0 amide bonds. The van der Waals surface area contributed by atoms with Crippen molar-refractivity contribution < 1.29 is 39.9 Å². The maximum absolute atomic E-state index is 9.70. The van der Waals surface area contributed by atoms with Crippen molar-refractivity contribution in [2.45, 2.75) is 6.92 Å². The molecule has 0 aromatic rings. The Morgan fingerprint density at radius 2 is 2.00 bits per heavy atom. The van der Waals surface area contributed by atoms with Gasteiger partial charge in [0.05, 0.1) is 6.61 Å². The molecule has 0 unspecified atom stereocenters. The fourth-order valence-corrected chi connectivity index (χ4v) is 0.505. The van der Waals surface area contributed by atoms with E-state index in [4.69, 9.17) is 9.79 Å². The van der Waals surface area contributed by atoms with Crippen LogP contribution in [0.4, 0.5) is 0 Å². The van der Waals surface area contributed by atoms with Crippen molar-refractivity contribution >= 4 is 7.82 Å². The second-order valence-electron chi connectivity index (χ2n) is 0.908. The Morgan fingerprint density at radius 3 is 2.00 bits per heavy atom. The fraction of sp³-hybridized carbons (Fsp3) is 1.00. The molecule has 0 aromatic carbocycles. The number of hydrogen-bond donors (Lipinski definition) is 2. The number of hydrogen-bond acceptors (Lipinski definition) is 2. The van der Waals surface area contributed by atoms with Gasteiger partial charge in [0, 0.05) is 21.1 Å². The van der Waals surface area contributed by atoms with Crippen molar-refractivity contribution in [3.8, 4) is 0 Å². The van der Waals surface area contributed by atoms with Crippen LogP contribution in [0.25, 0.3) is 0 Å². The van der Waals surface area contributed by atoms with Crippen LogP contribution in [0.1, 0.15) is 6.92 Å². The summed E-state index contributed by atoms with van der Waals surface area (Å²) in [6.07, 6.45) is 0. The molecular weight excluding hydrogens is 303 g/mol. The SMILES string of the molecule is CCOP(=O)(O)O.[W]. The molecular formula is C2H7O4PW. The third kappa shape index (κ3) is 9.93. The quantitative estimate of drug-likeness (QED) is 0.711. The maximum atomic E-state index is 9.70. The summed E-state index contributed by atoms with van der Waals surface area (Å²) >= 11 is 0. The van der Waals surface area contributed by atoms with Gasteiger partial charge in [0.1, 0.15) is 0 Å². The van der Waals surface area contributed by atoms with E-state index in [0.29, 0.717) is 0 Å². The molecule has 4 nitrogen and oxygen atoms in total. The minimum absolute atomic E-state index is 0. The van der Waals surface area contributed by atoms with Crippen LogP contribution in [0.3, 0.4) is 0 Å². The van der Waals surface area contributed by atoms with Crippen molar-refractivity contribution in [2.24, 2.45) is 0 Å². The van der Waals surface area contributed by atoms with Crippen LogP contribution in [0.15, 0.2) is 0 Å². The first-order chi connectivity index (χ1) is 3.06. The normalized spacial score (nSPS) is 10.4. The summed E-state index contributed by atoms with van der Waals surface area (Å²) in [5.74, 6) is 0. The van der Waals surface area contributed by atoms with Gasteiger partial charge < -0.3 is 9.79 Å². The summed E-state index contributed by atoms with van der Waals surface area (Å²) in [5.41, 5.74) is 0. The zero-order chi connectivity index (χ0) is 5.91.